The van der Waals surface area contributed by atoms with Crippen LogP contribution < -0.4 is 4.72 Å². The first-order valence-electron chi connectivity index (χ1n) is 25.5. The zero-order chi connectivity index (χ0) is 54.3. The minimum absolute atomic E-state index is 0.00268. The number of likely N-dealkylation sites (N-methyl/N-ethyl adjacent to an activating group) is 1. The molecule has 21 heteroatoms. The summed E-state index contributed by atoms with van der Waals surface area (Å²) in [6.45, 7) is 19.1. The number of methoxy groups -OCH3 is 1. The van der Waals surface area contributed by atoms with Crippen LogP contribution in [0.1, 0.15) is 113 Å². The molecule has 20 nitrogen and oxygen atoms in total. The van der Waals surface area contributed by atoms with Crippen LogP contribution in [0.5, 0.6) is 0 Å². The molecule has 3 fully saturated rings. The zero-order valence-corrected chi connectivity index (χ0v) is 45.9. The summed E-state index contributed by atoms with van der Waals surface area (Å²) >= 11 is 0. The third-order valence-electron chi connectivity index (χ3n) is 15.2. The summed E-state index contributed by atoms with van der Waals surface area (Å²) in [7, 11) is 0.919. The van der Waals surface area contributed by atoms with Gasteiger partial charge < -0.3 is 63.8 Å². The molecule has 0 saturated carbocycles. The van der Waals surface area contributed by atoms with E-state index in [1.165, 1.54) is 31.1 Å². The Bertz CT molecular complexity index is 2060. The molecule has 0 aliphatic carbocycles. The molecule has 18 atom stereocenters. The fraction of sp³-hybridized carbons (Fsp3) is 0.824. The number of carbonyl (C=O) groups is 2. The molecule has 4 rings (SSSR count). The minimum Gasteiger partial charge on any atom is -0.459 e. The maximum absolute atomic E-state index is 14.6. The van der Waals surface area contributed by atoms with E-state index >= 15 is 0 Å². The van der Waals surface area contributed by atoms with E-state index in [1.54, 1.807) is 67.5 Å². The van der Waals surface area contributed by atoms with Gasteiger partial charge in [-0.25, -0.2) is 17.9 Å². The molecule has 1 unspecified atom stereocenters. The number of hydrogen-bond donors (Lipinski definition) is 6. The van der Waals surface area contributed by atoms with Crippen molar-refractivity contribution in [3.8, 4) is 6.07 Å². The second-order valence-corrected chi connectivity index (χ2v) is 23.4. The van der Waals surface area contributed by atoms with Crippen LogP contribution in [-0.4, -0.2) is 198 Å². The molecule has 0 radical (unpaired) electrons. The molecule has 0 spiro atoms. The second kappa shape index (κ2) is 25.6. The van der Waals surface area contributed by atoms with Crippen molar-refractivity contribution in [1.82, 2.24) is 19.4 Å². The number of nitrogens with one attached hydrogen (secondary N) is 1. The lowest BCUT2D eigenvalue weighted by Crippen LogP contribution is -2.60. The number of cyclic esters (lactones) is 1. The molecule has 3 saturated heterocycles. The molecule has 3 aliphatic heterocycles. The molecule has 3 aliphatic rings. The standard InChI is InChI=1S/C51H87N5O15S/c1-15-39-51(11,63)43(58)35(7)56(25-17-24-55(23-16-22-52)48(61)53-72(64,65)37-20-18-30(2)19-21-37)29-31(3)27-49(9,62)45(71-47-41(57)38(54(12)13)26-32(4)67-47)33(5)42(34(6)46(60)69-39)70-40-28-50(10,66-14)44(59)36(8)68-40/h18-21,31-36,38-45,47,57-59,62-63H,15-17,23-29H2,1-14H3,(H,53,61)/t31-,32+,33-,34-,35-,36-,38+,39-,40?,41+,42+,43-,44-,45-,47-,49-,50+,51-/m1/s1. The van der Waals surface area contributed by atoms with Gasteiger partial charge in [0, 0.05) is 57.7 Å². The Hall–Kier alpha value is -3.08. The van der Waals surface area contributed by atoms with Gasteiger partial charge in [0.15, 0.2) is 12.6 Å². The van der Waals surface area contributed by atoms with E-state index in [0.717, 1.165) is 5.56 Å². The first-order chi connectivity index (χ1) is 33.4. The van der Waals surface area contributed by atoms with E-state index < -0.39 is 118 Å². The average molecular weight is 1040 g/mol. The Kier molecular flexibility index (Phi) is 21.9. The second-order valence-electron chi connectivity index (χ2n) is 21.7. The molecule has 0 bridgehead atoms. The molecule has 412 valence electrons. The summed E-state index contributed by atoms with van der Waals surface area (Å²) in [5.41, 5.74) is -4.04. The number of aliphatic hydroxyl groups excluding tert-OH is 3. The van der Waals surface area contributed by atoms with Crippen molar-refractivity contribution in [1.29, 1.82) is 5.26 Å². The van der Waals surface area contributed by atoms with Crippen molar-refractivity contribution in [3.05, 3.63) is 29.8 Å². The topological polar surface area (TPSA) is 270 Å². The van der Waals surface area contributed by atoms with E-state index in [2.05, 4.69) is 4.72 Å². The lowest BCUT2D eigenvalue weighted by molar-refractivity contribution is -0.318. The number of nitrogens with zero attached hydrogens (tertiary/aromatic N) is 4. The van der Waals surface area contributed by atoms with Crippen LogP contribution in [0, 0.1) is 36.0 Å². The summed E-state index contributed by atoms with van der Waals surface area (Å²) in [6.07, 6.45) is -9.76. The van der Waals surface area contributed by atoms with Crippen molar-refractivity contribution in [2.75, 3.05) is 47.4 Å². The number of sulfonamides is 1. The zero-order valence-electron chi connectivity index (χ0n) is 45.1. The van der Waals surface area contributed by atoms with Crippen molar-refractivity contribution in [2.45, 2.75) is 210 Å². The summed E-state index contributed by atoms with van der Waals surface area (Å²) in [5.74, 6) is -3.19. The molecular formula is C51H87N5O15S. The largest absolute Gasteiger partial charge is 0.459 e. The molecule has 3 heterocycles. The van der Waals surface area contributed by atoms with Gasteiger partial charge in [-0.05, 0) is 113 Å². The SMILES string of the molecule is CC[C@H]1OC(=O)[C@H](C)[C@@H](OC2C[C@](C)(OC)[C@H](O)[C@@H](C)O2)[C@@H](C)[C@@H](O[C@H]2O[C@@H](C)C[C@H](N(C)C)[C@@H]2O)[C@](C)(O)C[C@@H](C)CN(CCCN(CCC#N)C(=O)NS(=O)(=O)c2ccc(C)cc2)[C@H](C)[C@@H](O)[C@]1(C)O. The highest BCUT2D eigenvalue weighted by Crippen LogP contribution is 2.40. The van der Waals surface area contributed by atoms with Crippen LogP contribution >= 0.6 is 0 Å². The van der Waals surface area contributed by atoms with Gasteiger partial charge in [0.2, 0.25) is 0 Å². The van der Waals surface area contributed by atoms with Crippen LogP contribution in [0.4, 0.5) is 4.79 Å². The smallest absolute Gasteiger partial charge is 0.331 e. The summed E-state index contributed by atoms with van der Waals surface area (Å²) in [4.78, 5) is 33.1. The summed E-state index contributed by atoms with van der Waals surface area (Å²) in [6, 6.07) is 5.91. The molecular weight excluding hydrogens is 955 g/mol. The van der Waals surface area contributed by atoms with Gasteiger partial charge in [-0.3, -0.25) is 9.69 Å². The third-order valence-corrected chi connectivity index (χ3v) is 16.6. The van der Waals surface area contributed by atoms with Crippen molar-refractivity contribution < 1.29 is 72.0 Å². The van der Waals surface area contributed by atoms with E-state index in [0.29, 0.717) is 6.42 Å². The number of carbonyl (C=O) groups excluding carboxylic acids is 2. The van der Waals surface area contributed by atoms with Crippen LogP contribution in [0.2, 0.25) is 0 Å². The fourth-order valence-electron chi connectivity index (χ4n) is 10.8. The van der Waals surface area contributed by atoms with Gasteiger partial charge in [-0.1, -0.05) is 38.5 Å². The average Bonchev–Trinajstić information content (AvgIpc) is 3.30. The lowest BCUT2D eigenvalue weighted by atomic mass is 9.77. The molecule has 1 aromatic rings. The van der Waals surface area contributed by atoms with Crippen LogP contribution in [0.25, 0.3) is 0 Å². The number of nitriles is 1. The van der Waals surface area contributed by atoms with Crippen LogP contribution in [0.3, 0.4) is 0 Å². The maximum atomic E-state index is 14.6. The van der Waals surface area contributed by atoms with Crippen molar-refractivity contribution in [3.63, 3.8) is 0 Å². The number of rotatable bonds is 15. The van der Waals surface area contributed by atoms with Gasteiger partial charge in [-0.2, -0.15) is 5.26 Å². The highest BCUT2D eigenvalue weighted by atomic mass is 32.2. The number of hydrogen-bond acceptors (Lipinski definition) is 18. The van der Waals surface area contributed by atoms with Gasteiger partial charge in [0.25, 0.3) is 10.0 Å². The Morgan fingerprint density at radius 2 is 1.61 bits per heavy atom. The van der Waals surface area contributed by atoms with E-state index in [-0.39, 0.29) is 75.3 Å². The normalized spacial score (nSPS) is 39.0. The van der Waals surface area contributed by atoms with E-state index in [9.17, 15) is 48.8 Å². The monoisotopic (exact) mass is 1040 g/mol. The highest BCUT2D eigenvalue weighted by Gasteiger charge is 2.53. The molecule has 0 aromatic heterocycles. The van der Waals surface area contributed by atoms with E-state index in [4.69, 9.17) is 28.4 Å². The van der Waals surface area contributed by atoms with Crippen LogP contribution in [-0.2, 0) is 43.2 Å². The van der Waals surface area contributed by atoms with Crippen LogP contribution in [0.15, 0.2) is 29.2 Å². The minimum atomic E-state index is -4.25. The van der Waals surface area contributed by atoms with Gasteiger partial charge >= 0.3 is 12.0 Å². The molecule has 72 heavy (non-hydrogen) atoms. The molecule has 6 N–H and O–H groups in total. The Morgan fingerprint density at radius 1 is 0.972 bits per heavy atom. The number of ether oxygens (including phenoxy) is 6. The number of aliphatic hydroxyl groups is 5. The highest BCUT2D eigenvalue weighted by molar-refractivity contribution is 7.90. The van der Waals surface area contributed by atoms with Crippen molar-refractivity contribution >= 4 is 22.0 Å². The van der Waals surface area contributed by atoms with E-state index in [1.807, 2.05) is 43.8 Å². The fourth-order valence-corrected chi connectivity index (χ4v) is 11.8. The maximum Gasteiger partial charge on any atom is 0.331 e. The number of benzene rings is 1. The number of amides is 2. The Labute approximate surface area is 428 Å². The quantitative estimate of drug-likeness (QED) is 0.138. The Balaban J connectivity index is 1.77. The van der Waals surface area contributed by atoms with Gasteiger partial charge in [0.05, 0.1) is 58.9 Å². The first-order valence-corrected chi connectivity index (χ1v) is 26.9. The van der Waals surface area contributed by atoms with Crippen molar-refractivity contribution in [2.24, 2.45) is 17.8 Å². The number of urea groups is 1. The summed E-state index contributed by atoms with van der Waals surface area (Å²) in [5, 5.41) is 69.7. The predicted molar refractivity (Wildman–Crippen MR) is 266 cm³/mol. The summed E-state index contributed by atoms with van der Waals surface area (Å²) < 4.78 is 66.6. The Morgan fingerprint density at radius 3 is 2.19 bits per heavy atom. The molecule has 1 aromatic carbocycles. The number of esters is 1. The van der Waals surface area contributed by atoms with Gasteiger partial charge in [-0.15, -0.1) is 0 Å². The predicted octanol–water partition coefficient (Wildman–Crippen LogP) is 3.28. The number of aryl methyl sites for hydroxylation is 1. The first kappa shape index (κ1) is 61.5. The molecule has 2 amide bonds. The lowest BCUT2D eigenvalue weighted by Gasteiger charge is -2.48. The third kappa shape index (κ3) is 15.1. The van der Waals surface area contributed by atoms with Gasteiger partial charge in [0.1, 0.15) is 30.0 Å².